The maximum atomic E-state index is 14.2. The van der Waals surface area contributed by atoms with E-state index in [1.807, 2.05) is 19.9 Å². The van der Waals surface area contributed by atoms with E-state index in [9.17, 15) is 9.18 Å². The number of nitrogens with one attached hydrogen (secondary N) is 1. The van der Waals surface area contributed by atoms with Gasteiger partial charge in [-0.25, -0.2) is 4.39 Å². The number of amides is 1. The van der Waals surface area contributed by atoms with E-state index < -0.39 is 5.91 Å². The fourth-order valence-corrected chi connectivity index (χ4v) is 3.83. The Morgan fingerprint density at radius 1 is 1.27 bits per heavy atom. The van der Waals surface area contributed by atoms with Gasteiger partial charge in [-0.15, -0.1) is 0 Å². The van der Waals surface area contributed by atoms with Crippen LogP contribution in [0.3, 0.4) is 0 Å². The molecule has 2 aliphatic rings. The average molecular weight is 366 g/mol. The summed E-state index contributed by atoms with van der Waals surface area (Å²) in [6.45, 7) is 3.74. The minimum absolute atomic E-state index is 0.0944. The highest BCUT2D eigenvalue weighted by molar-refractivity contribution is 8.16. The van der Waals surface area contributed by atoms with E-state index in [1.54, 1.807) is 45.4 Å². The molecular formula is C19H15FN4OS. The van der Waals surface area contributed by atoms with Crippen molar-refractivity contribution in [1.82, 2.24) is 9.47 Å². The lowest BCUT2D eigenvalue weighted by Crippen LogP contribution is -2.35. The van der Waals surface area contributed by atoms with E-state index in [1.165, 1.54) is 17.8 Å². The number of hydrogen-bond acceptors (Lipinski definition) is 3. The fraction of sp³-hybridized carbons (Fsp3) is 0.105. The van der Waals surface area contributed by atoms with Crippen molar-refractivity contribution >= 4 is 34.7 Å². The molecule has 1 amide bonds. The van der Waals surface area contributed by atoms with Gasteiger partial charge in [-0.3, -0.25) is 15.1 Å². The van der Waals surface area contributed by atoms with Crippen LogP contribution in [0, 0.1) is 25.1 Å². The number of nitrogens with zero attached hydrogens (tertiary/aromatic N) is 3. The highest BCUT2D eigenvalue weighted by Crippen LogP contribution is 2.29. The van der Waals surface area contributed by atoms with Crippen molar-refractivity contribution in [3.8, 4) is 5.69 Å². The molecule has 1 aromatic heterocycles. The van der Waals surface area contributed by atoms with Gasteiger partial charge >= 0.3 is 0 Å². The van der Waals surface area contributed by atoms with Gasteiger partial charge in [0.05, 0.1) is 11.3 Å². The number of aromatic nitrogens is 1. The maximum Gasteiger partial charge on any atom is 0.283 e. The Labute approximate surface area is 154 Å². The standard InChI is InChI=1S/C19H15FN4OS/c1-11-9-13(12(2)24(11)16-6-4-3-5-15(16)20)10-14-17(21)23-7-8-26-19(23)22-18(14)25/h3-10,21H,1-2H3/b14-10-,21-17?. The largest absolute Gasteiger partial charge is 0.315 e. The minimum Gasteiger partial charge on any atom is -0.315 e. The van der Waals surface area contributed by atoms with Gasteiger partial charge in [0.15, 0.2) is 5.17 Å². The molecule has 0 aliphatic carbocycles. The Morgan fingerprint density at radius 2 is 2.04 bits per heavy atom. The van der Waals surface area contributed by atoms with E-state index in [4.69, 9.17) is 5.41 Å². The van der Waals surface area contributed by atoms with Gasteiger partial charge in [-0.2, -0.15) is 4.99 Å². The highest BCUT2D eigenvalue weighted by atomic mass is 32.2. The lowest BCUT2D eigenvalue weighted by atomic mass is 10.1. The summed E-state index contributed by atoms with van der Waals surface area (Å²) in [5.41, 5.74) is 3.07. The normalized spacial score (nSPS) is 17.9. The molecule has 1 N–H and O–H groups in total. The molecule has 0 bridgehead atoms. The number of benzene rings is 1. The van der Waals surface area contributed by atoms with Crippen molar-refractivity contribution in [1.29, 1.82) is 5.41 Å². The third-order valence-electron chi connectivity index (χ3n) is 4.38. The van der Waals surface area contributed by atoms with Crippen molar-refractivity contribution in [3.63, 3.8) is 0 Å². The quantitative estimate of drug-likeness (QED) is 0.817. The molecule has 5 nitrogen and oxygen atoms in total. The summed E-state index contributed by atoms with van der Waals surface area (Å²) in [7, 11) is 0. The number of para-hydroxylation sites is 1. The van der Waals surface area contributed by atoms with Crippen LogP contribution in [0.4, 0.5) is 4.39 Å². The number of carbonyl (C=O) groups excluding carboxylic acids is 1. The second kappa shape index (κ2) is 6.10. The number of aryl methyl sites for hydroxylation is 1. The van der Waals surface area contributed by atoms with Gasteiger partial charge in [0.1, 0.15) is 11.7 Å². The first-order chi connectivity index (χ1) is 12.5. The van der Waals surface area contributed by atoms with Crippen LogP contribution in [0.2, 0.25) is 0 Å². The number of amidine groups is 2. The van der Waals surface area contributed by atoms with Crippen LogP contribution < -0.4 is 0 Å². The van der Waals surface area contributed by atoms with Crippen molar-refractivity contribution in [2.24, 2.45) is 4.99 Å². The molecule has 7 heteroatoms. The van der Waals surface area contributed by atoms with Crippen molar-refractivity contribution in [2.75, 3.05) is 0 Å². The van der Waals surface area contributed by atoms with Crippen LogP contribution in [0.25, 0.3) is 11.8 Å². The SMILES string of the molecule is Cc1cc(/C=C2/C(=N)N3C=CSC3=NC2=O)c(C)n1-c1ccccc1F. The Hall–Kier alpha value is -2.93. The zero-order chi connectivity index (χ0) is 18.4. The lowest BCUT2D eigenvalue weighted by molar-refractivity contribution is -0.114. The Kier molecular flexibility index (Phi) is 3.88. The molecule has 4 rings (SSSR count). The smallest absolute Gasteiger partial charge is 0.283 e. The Bertz CT molecular complexity index is 1050. The Morgan fingerprint density at radius 3 is 2.81 bits per heavy atom. The number of halogens is 1. The van der Waals surface area contributed by atoms with Gasteiger partial charge in [0.2, 0.25) is 0 Å². The highest BCUT2D eigenvalue weighted by Gasteiger charge is 2.31. The van der Waals surface area contributed by atoms with Gasteiger partial charge < -0.3 is 4.57 Å². The second-order valence-corrected chi connectivity index (χ2v) is 6.87. The Balaban J connectivity index is 1.81. The molecule has 0 saturated carbocycles. The minimum atomic E-state index is -0.437. The summed E-state index contributed by atoms with van der Waals surface area (Å²) in [6, 6.07) is 8.44. The third kappa shape index (κ3) is 2.52. The summed E-state index contributed by atoms with van der Waals surface area (Å²) < 4.78 is 16.0. The average Bonchev–Trinajstić information content (AvgIpc) is 3.17. The van der Waals surface area contributed by atoms with E-state index in [0.29, 0.717) is 10.9 Å². The number of thioether (sulfide) groups is 1. The summed E-state index contributed by atoms with van der Waals surface area (Å²) >= 11 is 1.31. The van der Waals surface area contributed by atoms with Gasteiger partial charge in [0, 0.05) is 17.6 Å². The zero-order valence-electron chi connectivity index (χ0n) is 14.2. The molecule has 0 fully saturated rings. The van der Waals surface area contributed by atoms with Crippen LogP contribution in [0.5, 0.6) is 0 Å². The molecule has 1 aromatic carbocycles. The van der Waals surface area contributed by atoms with E-state index >= 15 is 0 Å². The summed E-state index contributed by atoms with van der Waals surface area (Å²) in [5, 5.41) is 10.6. The zero-order valence-corrected chi connectivity index (χ0v) is 15.0. The molecule has 2 aliphatic heterocycles. The number of aliphatic imine (C=N–C) groups is 1. The molecule has 0 atom stereocenters. The molecule has 130 valence electrons. The first kappa shape index (κ1) is 16.5. The van der Waals surface area contributed by atoms with Crippen molar-refractivity contribution < 1.29 is 9.18 Å². The first-order valence-electron chi connectivity index (χ1n) is 7.97. The second-order valence-electron chi connectivity index (χ2n) is 5.99. The van der Waals surface area contributed by atoms with Gasteiger partial charge in [0.25, 0.3) is 5.91 Å². The van der Waals surface area contributed by atoms with Crippen molar-refractivity contribution in [2.45, 2.75) is 13.8 Å². The number of fused-ring (bicyclic) bond motifs is 1. The molecule has 3 heterocycles. The van der Waals surface area contributed by atoms with E-state index in [0.717, 1.165) is 17.0 Å². The molecule has 0 spiro atoms. The molecular weight excluding hydrogens is 351 g/mol. The fourth-order valence-electron chi connectivity index (χ4n) is 3.12. The third-order valence-corrected chi connectivity index (χ3v) is 5.13. The summed E-state index contributed by atoms with van der Waals surface area (Å²) in [4.78, 5) is 18.0. The maximum absolute atomic E-state index is 14.2. The van der Waals surface area contributed by atoms with Crippen LogP contribution in [-0.4, -0.2) is 26.4 Å². The van der Waals surface area contributed by atoms with Crippen molar-refractivity contribution in [3.05, 3.63) is 70.3 Å². The van der Waals surface area contributed by atoms with Crippen LogP contribution in [0.1, 0.15) is 17.0 Å². The predicted octanol–water partition coefficient (Wildman–Crippen LogP) is 4.01. The molecule has 2 aromatic rings. The summed E-state index contributed by atoms with van der Waals surface area (Å²) in [6.07, 6.45) is 3.37. The van der Waals surface area contributed by atoms with Crippen LogP contribution >= 0.6 is 11.8 Å². The molecule has 0 unspecified atom stereocenters. The number of hydrogen-bond donors (Lipinski definition) is 1. The predicted molar refractivity (Wildman–Crippen MR) is 102 cm³/mol. The first-order valence-corrected chi connectivity index (χ1v) is 8.85. The number of rotatable bonds is 2. The van der Waals surface area contributed by atoms with Crippen LogP contribution in [-0.2, 0) is 4.79 Å². The van der Waals surface area contributed by atoms with Crippen LogP contribution in [0.15, 0.2) is 52.5 Å². The number of carbonyl (C=O) groups is 1. The molecule has 0 saturated heterocycles. The summed E-state index contributed by atoms with van der Waals surface area (Å²) in [5.74, 6) is -0.659. The van der Waals surface area contributed by atoms with E-state index in [-0.39, 0.29) is 17.2 Å². The molecule has 26 heavy (non-hydrogen) atoms. The van der Waals surface area contributed by atoms with Gasteiger partial charge in [-0.05, 0) is 49.1 Å². The monoisotopic (exact) mass is 366 g/mol. The molecule has 0 radical (unpaired) electrons. The van der Waals surface area contributed by atoms with Gasteiger partial charge in [-0.1, -0.05) is 23.9 Å². The lowest BCUT2D eigenvalue weighted by Gasteiger charge is -2.22. The topological polar surface area (TPSA) is 61.5 Å². The van der Waals surface area contributed by atoms with E-state index in [2.05, 4.69) is 4.99 Å².